The highest BCUT2D eigenvalue weighted by molar-refractivity contribution is 7.99. The number of hydrogen-bond donors (Lipinski definition) is 0. The molecular formula is C25H21ClN4OS. The minimum absolute atomic E-state index is 0.103. The van der Waals surface area contributed by atoms with Crippen LogP contribution < -0.4 is 0 Å². The first kappa shape index (κ1) is 20.8. The summed E-state index contributed by atoms with van der Waals surface area (Å²) < 4.78 is 1.96. The van der Waals surface area contributed by atoms with Gasteiger partial charge in [0.05, 0.1) is 10.8 Å². The number of hydrogen-bond acceptors (Lipinski definition) is 4. The van der Waals surface area contributed by atoms with E-state index >= 15 is 0 Å². The van der Waals surface area contributed by atoms with Gasteiger partial charge in [-0.3, -0.25) is 9.36 Å². The van der Waals surface area contributed by atoms with Gasteiger partial charge in [-0.2, -0.15) is 0 Å². The van der Waals surface area contributed by atoms with Gasteiger partial charge in [-0.25, -0.2) is 0 Å². The number of carbonyl (C=O) groups excluding carboxylic acids is 1. The number of halogens is 1. The summed E-state index contributed by atoms with van der Waals surface area (Å²) in [5, 5.41) is 10.1. The van der Waals surface area contributed by atoms with Crippen LogP contribution in [0.25, 0.3) is 17.1 Å². The van der Waals surface area contributed by atoms with Crippen LogP contribution in [-0.4, -0.2) is 37.9 Å². The molecule has 5 rings (SSSR count). The highest BCUT2D eigenvalue weighted by Crippen LogP contribution is 2.32. The zero-order valence-electron chi connectivity index (χ0n) is 17.3. The summed E-state index contributed by atoms with van der Waals surface area (Å²) in [7, 11) is 0. The summed E-state index contributed by atoms with van der Waals surface area (Å²) >= 11 is 7.85. The molecule has 1 aliphatic rings. The first-order chi connectivity index (χ1) is 15.7. The van der Waals surface area contributed by atoms with Gasteiger partial charge in [0.2, 0.25) is 5.91 Å². The highest BCUT2D eigenvalue weighted by Gasteiger charge is 2.23. The van der Waals surface area contributed by atoms with E-state index in [0.29, 0.717) is 28.3 Å². The molecule has 5 nitrogen and oxygen atoms in total. The number of fused-ring (bicyclic) bond motifs is 1. The molecular weight excluding hydrogens is 440 g/mol. The molecule has 2 heterocycles. The van der Waals surface area contributed by atoms with E-state index in [1.807, 2.05) is 70.1 Å². The van der Waals surface area contributed by atoms with Crippen LogP contribution >= 0.6 is 23.4 Å². The number of thioether (sulfide) groups is 1. The monoisotopic (exact) mass is 460 g/mol. The van der Waals surface area contributed by atoms with E-state index in [9.17, 15) is 4.79 Å². The van der Waals surface area contributed by atoms with E-state index in [2.05, 4.69) is 28.4 Å². The number of para-hydroxylation sites is 1. The maximum Gasteiger partial charge on any atom is 0.233 e. The summed E-state index contributed by atoms with van der Waals surface area (Å²) in [6.45, 7) is 1.40. The Hall–Kier alpha value is -3.09. The van der Waals surface area contributed by atoms with Crippen molar-refractivity contribution in [2.75, 3.05) is 12.3 Å². The van der Waals surface area contributed by atoms with E-state index in [0.717, 1.165) is 24.2 Å². The van der Waals surface area contributed by atoms with Crippen LogP contribution in [0.5, 0.6) is 0 Å². The van der Waals surface area contributed by atoms with Gasteiger partial charge >= 0.3 is 0 Å². The maximum atomic E-state index is 13.0. The molecule has 0 radical (unpaired) electrons. The van der Waals surface area contributed by atoms with Crippen molar-refractivity contribution < 1.29 is 4.79 Å². The lowest BCUT2D eigenvalue weighted by molar-refractivity contribution is -0.129. The number of amides is 1. The smallest absolute Gasteiger partial charge is 0.233 e. The van der Waals surface area contributed by atoms with Crippen molar-refractivity contribution in [2.45, 2.75) is 18.1 Å². The first-order valence-corrected chi connectivity index (χ1v) is 11.8. The molecule has 0 fully saturated rings. The summed E-state index contributed by atoms with van der Waals surface area (Å²) in [6, 6.07) is 25.8. The topological polar surface area (TPSA) is 51.0 Å². The fourth-order valence-corrected chi connectivity index (χ4v) is 4.99. The van der Waals surface area contributed by atoms with E-state index < -0.39 is 0 Å². The van der Waals surface area contributed by atoms with Crippen molar-refractivity contribution in [3.63, 3.8) is 0 Å². The lowest BCUT2D eigenvalue weighted by atomic mass is 10.00. The predicted octanol–water partition coefficient (Wildman–Crippen LogP) is 5.26. The molecule has 0 atom stereocenters. The number of benzene rings is 3. The molecule has 4 aromatic rings. The molecule has 0 saturated carbocycles. The predicted molar refractivity (Wildman–Crippen MR) is 128 cm³/mol. The molecule has 0 aliphatic carbocycles. The highest BCUT2D eigenvalue weighted by atomic mass is 35.5. The number of rotatable bonds is 5. The summed E-state index contributed by atoms with van der Waals surface area (Å²) in [5.74, 6) is 1.06. The number of carbonyl (C=O) groups is 1. The van der Waals surface area contributed by atoms with E-state index in [1.165, 1.54) is 22.9 Å². The first-order valence-electron chi connectivity index (χ1n) is 10.4. The van der Waals surface area contributed by atoms with Gasteiger partial charge in [-0.05, 0) is 41.8 Å². The Kier molecular flexibility index (Phi) is 5.97. The second-order valence-electron chi connectivity index (χ2n) is 7.58. The number of aromatic nitrogens is 3. The molecule has 3 aromatic carbocycles. The lowest BCUT2D eigenvalue weighted by Crippen LogP contribution is -2.37. The van der Waals surface area contributed by atoms with E-state index in [4.69, 9.17) is 11.6 Å². The minimum Gasteiger partial charge on any atom is -0.337 e. The van der Waals surface area contributed by atoms with E-state index in [1.54, 1.807) is 0 Å². The molecule has 1 amide bonds. The normalized spacial score (nSPS) is 13.1. The Balaban J connectivity index is 1.40. The van der Waals surface area contributed by atoms with Crippen LogP contribution in [0.2, 0.25) is 5.02 Å². The molecule has 0 unspecified atom stereocenters. The van der Waals surface area contributed by atoms with Gasteiger partial charge in [0.25, 0.3) is 0 Å². The Morgan fingerprint density at radius 3 is 2.44 bits per heavy atom. The van der Waals surface area contributed by atoms with E-state index in [-0.39, 0.29) is 5.91 Å². The van der Waals surface area contributed by atoms with Crippen molar-refractivity contribution in [1.82, 2.24) is 19.7 Å². The second-order valence-corrected chi connectivity index (χ2v) is 8.93. The Labute approximate surface area is 196 Å². The largest absolute Gasteiger partial charge is 0.337 e. The van der Waals surface area contributed by atoms with Crippen molar-refractivity contribution in [1.29, 1.82) is 0 Å². The van der Waals surface area contributed by atoms with Gasteiger partial charge in [0.15, 0.2) is 11.0 Å². The molecule has 1 aliphatic heterocycles. The molecule has 0 spiro atoms. The van der Waals surface area contributed by atoms with Crippen molar-refractivity contribution in [3.8, 4) is 17.1 Å². The van der Waals surface area contributed by atoms with Crippen LogP contribution in [0.15, 0.2) is 84.0 Å². The Bertz CT molecular complexity index is 1260. The van der Waals surface area contributed by atoms with Crippen LogP contribution in [-0.2, 0) is 17.8 Å². The molecule has 0 N–H and O–H groups in total. The lowest BCUT2D eigenvalue weighted by Gasteiger charge is -2.28. The average Bonchev–Trinajstić information content (AvgIpc) is 3.26. The van der Waals surface area contributed by atoms with Crippen LogP contribution in [0.4, 0.5) is 0 Å². The van der Waals surface area contributed by atoms with Gasteiger partial charge in [-0.15, -0.1) is 10.2 Å². The van der Waals surface area contributed by atoms with Crippen LogP contribution in [0, 0.1) is 0 Å². The van der Waals surface area contributed by atoms with Gasteiger partial charge in [-0.1, -0.05) is 78.0 Å². The SMILES string of the molecule is O=C(CSc1nnc(-c2ccccc2Cl)n1-c1ccccc1)N1CCc2ccccc2C1. The third-order valence-corrected chi connectivity index (χ3v) is 6.81. The minimum atomic E-state index is 0.103. The summed E-state index contributed by atoms with van der Waals surface area (Å²) in [4.78, 5) is 14.9. The fourth-order valence-electron chi connectivity index (χ4n) is 3.92. The molecule has 1 aromatic heterocycles. The van der Waals surface area contributed by atoms with Crippen molar-refractivity contribution >= 4 is 29.3 Å². The summed E-state index contributed by atoms with van der Waals surface area (Å²) in [5.41, 5.74) is 4.29. The maximum absolute atomic E-state index is 13.0. The fraction of sp³-hybridized carbons (Fsp3) is 0.160. The zero-order valence-corrected chi connectivity index (χ0v) is 18.9. The molecule has 0 bridgehead atoms. The van der Waals surface area contributed by atoms with Gasteiger partial charge < -0.3 is 4.90 Å². The van der Waals surface area contributed by atoms with Crippen molar-refractivity contribution in [3.05, 3.63) is 95.0 Å². The summed E-state index contributed by atoms with van der Waals surface area (Å²) in [6.07, 6.45) is 0.892. The molecule has 7 heteroatoms. The Morgan fingerprint density at radius 2 is 1.62 bits per heavy atom. The van der Waals surface area contributed by atoms with Crippen LogP contribution in [0.3, 0.4) is 0 Å². The van der Waals surface area contributed by atoms with Crippen LogP contribution in [0.1, 0.15) is 11.1 Å². The van der Waals surface area contributed by atoms with Gasteiger partial charge in [0.1, 0.15) is 0 Å². The number of nitrogens with zero attached hydrogens (tertiary/aromatic N) is 4. The Morgan fingerprint density at radius 1 is 0.906 bits per heavy atom. The second kappa shape index (κ2) is 9.18. The van der Waals surface area contributed by atoms with Gasteiger partial charge in [0, 0.05) is 24.3 Å². The third kappa shape index (κ3) is 4.16. The zero-order chi connectivity index (χ0) is 21.9. The quantitative estimate of drug-likeness (QED) is 0.381. The molecule has 160 valence electrons. The standard InChI is InChI=1S/C25H21ClN4OS/c26-22-13-7-6-12-21(22)24-27-28-25(30(24)20-10-2-1-3-11-20)32-17-23(31)29-15-14-18-8-4-5-9-19(18)16-29/h1-13H,14-17H2. The molecule has 0 saturated heterocycles. The average molecular weight is 461 g/mol. The third-order valence-electron chi connectivity index (χ3n) is 5.57. The molecule has 32 heavy (non-hydrogen) atoms. The van der Waals surface area contributed by atoms with Crippen molar-refractivity contribution in [2.24, 2.45) is 0 Å².